The van der Waals surface area contributed by atoms with Gasteiger partial charge >= 0.3 is 5.97 Å². The van der Waals surface area contributed by atoms with Crippen LogP contribution >= 0.6 is 0 Å². The lowest BCUT2D eigenvalue weighted by molar-refractivity contribution is -0.131. The zero-order valence-corrected chi connectivity index (χ0v) is 11.4. The van der Waals surface area contributed by atoms with Crippen LogP contribution in [0.5, 0.6) is 0 Å². The Morgan fingerprint density at radius 3 is 2.33 bits per heavy atom. The van der Waals surface area contributed by atoms with Crippen LogP contribution < -0.4 is 0 Å². The first-order valence-corrected chi connectivity index (χ1v) is 6.74. The molecule has 2 heteroatoms. The van der Waals surface area contributed by atoms with Crippen LogP contribution in [0, 0.1) is 0 Å². The molecular formula is C19H14O2. The first kappa shape index (κ1) is 13.1. The van der Waals surface area contributed by atoms with Crippen molar-refractivity contribution in [2.24, 2.45) is 0 Å². The fraction of sp³-hybridized carbons (Fsp3) is 0. The smallest absolute Gasteiger partial charge is 0.328 e. The maximum absolute atomic E-state index is 10.7. The molecule has 21 heavy (non-hydrogen) atoms. The Morgan fingerprint density at radius 1 is 0.810 bits per heavy atom. The summed E-state index contributed by atoms with van der Waals surface area (Å²) in [5.74, 6) is -0.942. The van der Waals surface area contributed by atoms with E-state index in [1.165, 1.54) is 11.5 Å². The SMILES string of the molecule is O=C(O)C=Cc1ccccc1-c1cccc2ccccc12. The summed E-state index contributed by atoms with van der Waals surface area (Å²) >= 11 is 0. The van der Waals surface area contributed by atoms with Crippen molar-refractivity contribution in [2.45, 2.75) is 0 Å². The van der Waals surface area contributed by atoms with Gasteiger partial charge in [-0.2, -0.15) is 0 Å². The van der Waals surface area contributed by atoms with E-state index in [0.717, 1.165) is 22.1 Å². The Bertz CT molecular complexity index is 826. The monoisotopic (exact) mass is 274 g/mol. The Balaban J connectivity index is 2.22. The lowest BCUT2D eigenvalue weighted by Crippen LogP contribution is -1.88. The molecule has 0 heterocycles. The minimum atomic E-state index is -0.942. The predicted molar refractivity (Wildman–Crippen MR) is 86.1 cm³/mol. The van der Waals surface area contributed by atoms with Gasteiger partial charge in [0, 0.05) is 6.08 Å². The second-order valence-electron chi connectivity index (χ2n) is 4.79. The number of hydrogen-bond acceptors (Lipinski definition) is 1. The van der Waals surface area contributed by atoms with Gasteiger partial charge in [-0.15, -0.1) is 0 Å². The van der Waals surface area contributed by atoms with E-state index in [2.05, 4.69) is 24.3 Å². The molecule has 0 radical (unpaired) electrons. The van der Waals surface area contributed by atoms with Crippen LogP contribution in [0.25, 0.3) is 28.0 Å². The molecule has 0 unspecified atom stereocenters. The number of carboxylic acid groups (broad SMARTS) is 1. The number of aliphatic carboxylic acids is 1. The summed E-state index contributed by atoms with van der Waals surface area (Å²) in [4.78, 5) is 10.7. The van der Waals surface area contributed by atoms with Gasteiger partial charge in [-0.3, -0.25) is 0 Å². The molecule has 102 valence electrons. The Labute approximate surface area is 123 Å². The van der Waals surface area contributed by atoms with Gasteiger partial charge in [-0.1, -0.05) is 66.7 Å². The van der Waals surface area contributed by atoms with Crippen molar-refractivity contribution in [3.05, 3.63) is 78.4 Å². The fourth-order valence-corrected chi connectivity index (χ4v) is 2.51. The van der Waals surface area contributed by atoms with Crippen LogP contribution in [0.3, 0.4) is 0 Å². The minimum Gasteiger partial charge on any atom is -0.478 e. The molecular weight excluding hydrogens is 260 g/mol. The first-order chi connectivity index (χ1) is 10.3. The normalized spacial score (nSPS) is 11.0. The van der Waals surface area contributed by atoms with Crippen molar-refractivity contribution in [3.63, 3.8) is 0 Å². The van der Waals surface area contributed by atoms with Crippen LogP contribution in [0.4, 0.5) is 0 Å². The Hall–Kier alpha value is -2.87. The third-order valence-electron chi connectivity index (χ3n) is 3.45. The van der Waals surface area contributed by atoms with Gasteiger partial charge in [0.05, 0.1) is 0 Å². The molecule has 0 aliphatic rings. The van der Waals surface area contributed by atoms with Crippen LogP contribution in [-0.4, -0.2) is 11.1 Å². The summed E-state index contributed by atoms with van der Waals surface area (Å²) in [6, 6.07) is 22.2. The van der Waals surface area contributed by atoms with Crippen molar-refractivity contribution in [1.29, 1.82) is 0 Å². The number of fused-ring (bicyclic) bond motifs is 1. The number of carbonyl (C=O) groups is 1. The van der Waals surface area contributed by atoms with Gasteiger partial charge in [-0.05, 0) is 33.5 Å². The molecule has 2 nitrogen and oxygen atoms in total. The lowest BCUT2D eigenvalue weighted by atomic mass is 9.94. The van der Waals surface area contributed by atoms with E-state index >= 15 is 0 Å². The highest BCUT2D eigenvalue weighted by atomic mass is 16.4. The maximum Gasteiger partial charge on any atom is 0.328 e. The predicted octanol–water partition coefficient (Wildman–Crippen LogP) is 4.60. The van der Waals surface area contributed by atoms with Gasteiger partial charge in [0.1, 0.15) is 0 Å². The molecule has 0 bridgehead atoms. The molecule has 1 N–H and O–H groups in total. The second kappa shape index (κ2) is 5.63. The molecule has 0 spiro atoms. The highest BCUT2D eigenvalue weighted by molar-refractivity contribution is 5.99. The first-order valence-electron chi connectivity index (χ1n) is 6.74. The lowest BCUT2D eigenvalue weighted by Gasteiger charge is -2.10. The van der Waals surface area contributed by atoms with Crippen LogP contribution in [0.15, 0.2) is 72.8 Å². The Morgan fingerprint density at radius 2 is 1.48 bits per heavy atom. The average Bonchev–Trinajstić information content (AvgIpc) is 2.53. The quantitative estimate of drug-likeness (QED) is 0.708. The van der Waals surface area contributed by atoms with Gasteiger partial charge in [0.2, 0.25) is 0 Å². The molecule has 0 atom stereocenters. The number of hydrogen-bond donors (Lipinski definition) is 1. The van der Waals surface area contributed by atoms with Crippen molar-refractivity contribution in [2.75, 3.05) is 0 Å². The summed E-state index contributed by atoms with van der Waals surface area (Å²) in [7, 11) is 0. The van der Waals surface area contributed by atoms with E-state index in [-0.39, 0.29) is 0 Å². The molecule has 3 aromatic carbocycles. The van der Waals surface area contributed by atoms with E-state index in [1.807, 2.05) is 42.5 Å². The van der Waals surface area contributed by atoms with Crippen LogP contribution in [-0.2, 0) is 4.79 Å². The van der Waals surface area contributed by atoms with Crippen LogP contribution in [0.2, 0.25) is 0 Å². The topological polar surface area (TPSA) is 37.3 Å². The summed E-state index contributed by atoms with van der Waals surface area (Å²) in [5, 5.41) is 11.2. The molecule has 0 amide bonds. The highest BCUT2D eigenvalue weighted by Crippen LogP contribution is 2.31. The molecule has 0 aliphatic carbocycles. The zero-order chi connectivity index (χ0) is 14.7. The van der Waals surface area contributed by atoms with Gasteiger partial charge in [0.15, 0.2) is 0 Å². The fourth-order valence-electron chi connectivity index (χ4n) is 2.51. The molecule has 0 saturated heterocycles. The molecule has 3 aromatic rings. The van der Waals surface area contributed by atoms with Gasteiger partial charge in [-0.25, -0.2) is 4.79 Å². The van der Waals surface area contributed by atoms with Crippen molar-refractivity contribution < 1.29 is 9.90 Å². The Kier molecular flexibility index (Phi) is 3.52. The van der Waals surface area contributed by atoms with E-state index in [9.17, 15) is 4.79 Å². The number of benzene rings is 3. The van der Waals surface area contributed by atoms with Crippen molar-refractivity contribution >= 4 is 22.8 Å². The molecule has 3 rings (SSSR count). The van der Waals surface area contributed by atoms with Gasteiger partial charge in [0.25, 0.3) is 0 Å². The standard InChI is InChI=1S/C19H14O2/c20-19(21)13-12-15-7-2-4-10-17(15)18-11-5-8-14-6-1-3-9-16(14)18/h1-13H,(H,20,21). The zero-order valence-electron chi connectivity index (χ0n) is 11.4. The highest BCUT2D eigenvalue weighted by Gasteiger charge is 2.06. The second-order valence-corrected chi connectivity index (χ2v) is 4.79. The van der Waals surface area contributed by atoms with E-state index in [1.54, 1.807) is 6.08 Å². The van der Waals surface area contributed by atoms with E-state index in [4.69, 9.17) is 5.11 Å². The number of rotatable bonds is 3. The largest absolute Gasteiger partial charge is 0.478 e. The number of carboxylic acids is 1. The summed E-state index contributed by atoms with van der Waals surface area (Å²) in [6.07, 6.45) is 2.81. The van der Waals surface area contributed by atoms with Crippen molar-refractivity contribution in [1.82, 2.24) is 0 Å². The van der Waals surface area contributed by atoms with Crippen molar-refractivity contribution in [3.8, 4) is 11.1 Å². The average molecular weight is 274 g/mol. The molecule has 0 aromatic heterocycles. The van der Waals surface area contributed by atoms with Crippen LogP contribution in [0.1, 0.15) is 5.56 Å². The molecule has 0 aliphatic heterocycles. The maximum atomic E-state index is 10.7. The summed E-state index contributed by atoms with van der Waals surface area (Å²) < 4.78 is 0. The third-order valence-corrected chi connectivity index (χ3v) is 3.45. The van der Waals surface area contributed by atoms with E-state index in [0.29, 0.717) is 0 Å². The summed E-state index contributed by atoms with van der Waals surface area (Å²) in [5.41, 5.74) is 3.04. The summed E-state index contributed by atoms with van der Waals surface area (Å²) in [6.45, 7) is 0. The van der Waals surface area contributed by atoms with Gasteiger partial charge < -0.3 is 5.11 Å². The minimum absolute atomic E-state index is 0.899. The van der Waals surface area contributed by atoms with E-state index < -0.39 is 5.97 Å². The molecule has 0 saturated carbocycles. The third kappa shape index (κ3) is 2.70. The molecule has 0 fully saturated rings.